The summed E-state index contributed by atoms with van der Waals surface area (Å²) in [5.74, 6) is -0.321. The Morgan fingerprint density at radius 1 is 1.24 bits per heavy atom. The van der Waals surface area contributed by atoms with E-state index in [2.05, 4.69) is 25.8 Å². The molecular weight excluding hydrogens is 322 g/mol. The van der Waals surface area contributed by atoms with E-state index in [-0.39, 0.29) is 18.9 Å². The third-order valence-electron chi connectivity index (χ3n) is 2.94. The molecule has 0 fully saturated rings. The van der Waals surface area contributed by atoms with Crippen molar-refractivity contribution in [2.24, 2.45) is 5.10 Å². The highest BCUT2D eigenvalue weighted by Gasteiger charge is 2.15. The first-order valence-corrected chi connectivity index (χ1v) is 7.84. The molecule has 0 atom stereocenters. The smallest absolute Gasteiger partial charge is 0.407 e. The van der Waals surface area contributed by atoms with Crippen LogP contribution in [0.1, 0.15) is 32.8 Å². The van der Waals surface area contributed by atoms with Crippen molar-refractivity contribution in [2.75, 3.05) is 6.54 Å². The SMILES string of the molecule is CC(C)(C)OC(=O)NCCC(=O)N/N=C\c1cccc2nccnc12. The van der Waals surface area contributed by atoms with Crippen LogP contribution in [0.4, 0.5) is 4.79 Å². The molecule has 0 saturated heterocycles. The number of hydrogen-bond donors (Lipinski definition) is 2. The molecule has 1 aromatic carbocycles. The fourth-order valence-electron chi connectivity index (χ4n) is 1.94. The Bertz CT molecular complexity index is 778. The Morgan fingerprint density at radius 3 is 2.76 bits per heavy atom. The number of amides is 2. The number of nitrogens with one attached hydrogen (secondary N) is 2. The van der Waals surface area contributed by atoms with Crippen molar-refractivity contribution < 1.29 is 14.3 Å². The number of fused-ring (bicyclic) bond motifs is 1. The standard InChI is InChI=1S/C17H21N5O3/c1-17(2,3)25-16(24)20-8-7-14(23)22-21-11-12-5-4-6-13-15(12)19-10-9-18-13/h4-6,9-11H,7-8H2,1-3H3,(H,20,24)(H,22,23)/b21-11-. The van der Waals surface area contributed by atoms with E-state index in [9.17, 15) is 9.59 Å². The third kappa shape index (κ3) is 6.17. The molecule has 0 aliphatic heterocycles. The maximum atomic E-state index is 11.7. The van der Waals surface area contributed by atoms with Crippen LogP contribution >= 0.6 is 0 Å². The summed E-state index contributed by atoms with van der Waals surface area (Å²) in [5, 5.41) is 6.42. The number of benzene rings is 1. The lowest BCUT2D eigenvalue weighted by molar-refractivity contribution is -0.120. The summed E-state index contributed by atoms with van der Waals surface area (Å²) in [5.41, 5.74) is 4.04. The molecule has 25 heavy (non-hydrogen) atoms. The number of nitrogens with zero attached hydrogens (tertiary/aromatic N) is 3. The maximum Gasteiger partial charge on any atom is 0.407 e. The van der Waals surface area contributed by atoms with Crippen LogP contribution in [0.5, 0.6) is 0 Å². The second-order valence-electron chi connectivity index (χ2n) is 6.24. The minimum Gasteiger partial charge on any atom is -0.444 e. The van der Waals surface area contributed by atoms with Gasteiger partial charge in [-0.15, -0.1) is 0 Å². The van der Waals surface area contributed by atoms with Gasteiger partial charge in [0, 0.05) is 30.9 Å². The Balaban J connectivity index is 1.80. The third-order valence-corrected chi connectivity index (χ3v) is 2.94. The maximum absolute atomic E-state index is 11.7. The van der Waals surface area contributed by atoms with Crippen molar-refractivity contribution in [2.45, 2.75) is 32.8 Å². The van der Waals surface area contributed by atoms with Gasteiger partial charge in [0.2, 0.25) is 5.91 Å². The highest BCUT2D eigenvalue weighted by molar-refractivity contribution is 5.96. The molecule has 0 aliphatic carbocycles. The average Bonchev–Trinajstić information content (AvgIpc) is 2.53. The van der Waals surface area contributed by atoms with E-state index in [0.29, 0.717) is 5.52 Å². The second-order valence-corrected chi connectivity index (χ2v) is 6.24. The molecule has 1 aromatic heterocycles. The number of hydrogen-bond acceptors (Lipinski definition) is 6. The molecule has 2 amide bonds. The van der Waals surface area contributed by atoms with Gasteiger partial charge in [-0.25, -0.2) is 10.2 Å². The van der Waals surface area contributed by atoms with Gasteiger partial charge in [0.05, 0.1) is 17.2 Å². The van der Waals surface area contributed by atoms with E-state index in [1.165, 1.54) is 6.21 Å². The zero-order chi connectivity index (χ0) is 18.3. The molecule has 2 aromatic rings. The topological polar surface area (TPSA) is 106 Å². The monoisotopic (exact) mass is 343 g/mol. The number of alkyl carbamates (subject to hydrolysis) is 1. The lowest BCUT2D eigenvalue weighted by Crippen LogP contribution is -2.34. The summed E-state index contributed by atoms with van der Waals surface area (Å²) in [6.07, 6.45) is 4.25. The molecule has 0 saturated carbocycles. The van der Waals surface area contributed by atoms with Gasteiger partial charge in [-0.2, -0.15) is 5.10 Å². The largest absolute Gasteiger partial charge is 0.444 e. The van der Waals surface area contributed by atoms with Gasteiger partial charge < -0.3 is 10.1 Å². The number of carbonyl (C=O) groups is 2. The van der Waals surface area contributed by atoms with Gasteiger partial charge in [0.25, 0.3) is 0 Å². The Labute approximate surface area is 145 Å². The summed E-state index contributed by atoms with van der Waals surface area (Å²) in [4.78, 5) is 31.6. The van der Waals surface area contributed by atoms with Crippen molar-refractivity contribution in [3.63, 3.8) is 0 Å². The number of rotatable bonds is 5. The quantitative estimate of drug-likeness (QED) is 0.638. The molecule has 0 aliphatic rings. The molecule has 0 bridgehead atoms. The predicted octanol–water partition coefficient (Wildman–Crippen LogP) is 1.99. The van der Waals surface area contributed by atoms with Crippen molar-refractivity contribution >= 4 is 29.2 Å². The number of carbonyl (C=O) groups excluding carboxylic acids is 2. The lowest BCUT2D eigenvalue weighted by atomic mass is 10.2. The Kier molecular flexibility index (Phi) is 5.99. The van der Waals surface area contributed by atoms with Gasteiger partial charge in [-0.1, -0.05) is 12.1 Å². The summed E-state index contributed by atoms with van der Waals surface area (Å²) in [7, 11) is 0. The van der Waals surface area contributed by atoms with Crippen molar-refractivity contribution in [3.8, 4) is 0 Å². The normalized spacial score (nSPS) is 11.5. The van der Waals surface area contributed by atoms with E-state index >= 15 is 0 Å². The van der Waals surface area contributed by atoms with E-state index in [0.717, 1.165) is 11.1 Å². The van der Waals surface area contributed by atoms with Gasteiger partial charge >= 0.3 is 6.09 Å². The molecule has 0 radical (unpaired) electrons. The molecule has 0 spiro atoms. The minimum absolute atomic E-state index is 0.0892. The van der Waals surface area contributed by atoms with Gasteiger partial charge in [0.15, 0.2) is 0 Å². The van der Waals surface area contributed by atoms with Gasteiger partial charge in [-0.3, -0.25) is 14.8 Å². The number of hydrazone groups is 1. The fraction of sp³-hybridized carbons (Fsp3) is 0.353. The summed E-state index contributed by atoms with van der Waals surface area (Å²) in [6.45, 7) is 5.47. The fourth-order valence-corrected chi connectivity index (χ4v) is 1.94. The molecule has 8 nitrogen and oxygen atoms in total. The van der Waals surface area contributed by atoms with Crippen LogP contribution in [0, 0.1) is 0 Å². The number of aromatic nitrogens is 2. The van der Waals surface area contributed by atoms with Crippen LogP contribution in [0.2, 0.25) is 0 Å². The molecule has 132 valence electrons. The zero-order valence-corrected chi connectivity index (χ0v) is 14.4. The van der Waals surface area contributed by atoms with Gasteiger partial charge in [-0.05, 0) is 26.8 Å². The van der Waals surface area contributed by atoms with Crippen LogP contribution in [0.25, 0.3) is 11.0 Å². The first-order valence-electron chi connectivity index (χ1n) is 7.84. The summed E-state index contributed by atoms with van der Waals surface area (Å²) < 4.78 is 5.08. The molecule has 0 unspecified atom stereocenters. The highest BCUT2D eigenvalue weighted by Crippen LogP contribution is 2.11. The second kappa shape index (κ2) is 8.18. The van der Waals surface area contributed by atoms with Crippen LogP contribution in [0.15, 0.2) is 35.7 Å². The summed E-state index contributed by atoms with van der Waals surface area (Å²) >= 11 is 0. The summed E-state index contributed by atoms with van der Waals surface area (Å²) in [6, 6.07) is 5.52. The zero-order valence-electron chi connectivity index (χ0n) is 14.4. The van der Waals surface area contributed by atoms with E-state index in [1.54, 1.807) is 33.2 Å². The average molecular weight is 343 g/mol. The molecule has 2 rings (SSSR count). The molecule has 8 heteroatoms. The van der Waals surface area contributed by atoms with Crippen LogP contribution in [-0.2, 0) is 9.53 Å². The van der Waals surface area contributed by atoms with Crippen molar-refractivity contribution in [3.05, 3.63) is 36.2 Å². The van der Waals surface area contributed by atoms with Crippen LogP contribution < -0.4 is 10.7 Å². The molecule has 1 heterocycles. The van der Waals surface area contributed by atoms with E-state index in [1.807, 2.05) is 18.2 Å². The number of ether oxygens (including phenoxy) is 1. The Morgan fingerprint density at radius 2 is 2.00 bits per heavy atom. The van der Waals surface area contributed by atoms with Crippen LogP contribution in [0.3, 0.4) is 0 Å². The van der Waals surface area contributed by atoms with E-state index in [4.69, 9.17) is 4.74 Å². The van der Waals surface area contributed by atoms with Crippen LogP contribution in [-0.4, -0.2) is 40.3 Å². The van der Waals surface area contributed by atoms with Gasteiger partial charge in [0.1, 0.15) is 5.60 Å². The Hall–Kier alpha value is -3.03. The van der Waals surface area contributed by atoms with Crippen molar-refractivity contribution in [1.29, 1.82) is 0 Å². The van der Waals surface area contributed by atoms with Crippen molar-refractivity contribution in [1.82, 2.24) is 20.7 Å². The first kappa shape index (κ1) is 18.3. The molecular formula is C17H21N5O3. The number of para-hydroxylation sites is 1. The predicted molar refractivity (Wildman–Crippen MR) is 94.1 cm³/mol. The first-order chi connectivity index (χ1) is 11.8. The lowest BCUT2D eigenvalue weighted by Gasteiger charge is -2.19. The van der Waals surface area contributed by atoms with E-state index < -0.39 is 11.7 Å². The molecule has 2 N–H and O–H groups in total. The highest BCUT2D eigenvalue weighted by atomic mass is 16.6. The minimum atomic E-state index is -0.571.